The number of methoxy groups -OCH3 is 1. The molecule has 0 aliphatic carbocycles. The number of hydrogen-bond acceptors (Lipinski definition) is 7. The summed E-state index contributed by atoms with van der Waals surface area (Å²) in [6.07, 6.45) is 1.51. The van der Waals surface area contributed by atoms with E-state index >= 15 is 0 Å². The molecule has 1 aromatic heterocycles. The standard InChI is InChI=1S/C14H16N2O5S2/c1-3-21-13(17)8-11-9-15-14(22-11)16-23(18,19)12-6-4-5-10(7-12)20-2/h4-7,9H,3,8H2,1-2H3,(H,15,16). The van der Waals surface area contributed by atoms with Gasteiger partial charge in [-0.2, -0.15) is 0 Å². The predicted octanol–water partition coefficient (Wildman–Crippen LogP) is 2.06. The molecule has 0 atom stereocenters. The fourth-order valence-corrected chi connectivity index (χ4v) is 3.81. The number of ether oxygens (including phenoxy) is 2. The number of nitrogens with one attached hydrogen (secondary N) is 1. The first-order valence-electron chi connectivity index (χ1n) is 6.72. The van der Waals surface area contributed by atoms with Gasteiger partial charge in [0.1, 0.15) is 5.75 Å². The van der Waals surface area contributed by atoms with Crippen molar-refractivity contribution >= 4 is 32.5 Å². The molecule has 0 aliphatic heterocycles. The van der Waals surface area contributed by atoms with Gasteiger partial charge in [-0.1, -0.05) is 6.07 Å². The largest absolute Gasteiger partial charge is 0.497 e. The van der Waals surface area contributed by atoms with E-state index in [4.69, 9.17) is 9.47 Å². The van der Waals surface area contributed by atoms with Gasteiger partial charge in [0.15, 0.2) is 5.13 Å². The summed E-state index contributed by atoms with van der Waals surface area (Å²) in [4.78, 5) is 16.1. The fraction of sp³-hybridized carbons (Fsp3) is 0.286. The van der Waals surface area contributed by atoms with Crippen molar-refractivity contribution in [3.05, 3.63) is 35.3 Å². The predicted molar refractivity (Wildman–Crippen MR) is 86.3 cm³/mol. The minimum absolute atomic E-state index is 0.0619. The number of benzene rings is 1. The monoisotopic (exact) mass is 356 g/mol. The van der Waals surface area contributed by atoms with Crippen LogP contribution in [0.25, 0.3) is 0 Å². The van der Waals surface area contributed by atoms with Crippen LogP contribution in [0.4, 0.5) is 5.13 Å². The summed E-state index contributed by atoms with van der Waals surface area (Å²) >= 11 is 1.09. The second kappa shape index (κ2) is 7.42. The molecule has 9 heteroatoms. The molecule has 1 heterocycles. The molecule has 0 saturated carbocycles. The molecule has 0 saturated heterocycles. The second-order valence-corrected chi connectivity index (χ2v) is 7.20. The molecule has 0 aliphatic rings. The van der Waals surface area contributed by atoms with Crippen LogP contribution in [0, 0.1) is 0 Å². The van der Waals surface area contributed by atoms with Gasteiger partial charge in [0.05, 0.1) is 25.0 Å². The average Bonchev–Trinajstić information content (AvgIpc) is 2.93. The number of anilines is 1. The van der Waals surface area contributed by atoms with Crippen molar-refractivity contribution in [3.8, 4) is 5.75 Å². The summed E-state index contributed by atoms with van der Waals surface area (Å²) in [6, 6.07) is 6.11. The lowest BCUT2D eigenvalue weighted by Crippen LogP contribution is -2.12. The van der Waals surface area contributed by atoms with E-state index in [2.05, 4.69) is 9.71 Å². The fourth-order valence-electron chi connectivity index (χ4n) is 1.73. The number of rotatable bonds is 7. The Morgan fingerprint density at radius 3 is 2.87 bits per heavy atom. The van der Waals surface area contributed by atoms with E-state index in [1.165, 1.54) is 25.4 Å². The number of carbonyl (C=O) groups excluding carboxylic acids is 1. The summed E-state index contributed by atoms with van der Waals surface area (Å²) in [5, 5.41) is 0.187. The van der Waals surface area contributed by atoms with Gasteiger partial charge in [0.2, 0.25) is 0 Å². The van der Waals surface area contributed by atoms with Crippen LogP contribution >= 0.6 is 11.3 Å². The second-order valence-electron chi connectivity index (χ2n) is 4.40. The highest BCUT2D eigenvalue weighted by atomic mass is 32.2. The van der Waals surface area contributed by atoms with E-state index in [1.807, 2.05) is 0 Å². The zero-order valence-electron chi connectivity index (χ0n) is 12.6. The maximum atomic E-state index is 12.3. The number of nitrogens with zero attached hydrogens (tertiary/aromatic N) is 1. The van der Waals surface area contributed by atoms with Crippen molar-refractivity contribution in [3.63, 3.8) is 0 Å². The Labute approximate surface area is 138 Å². The van der Waals surface area contributed by atoms with Gasteiger partial charge < -0.3 is 9.47 Å². The quantitative estimate of drug-likeness (QED) is 0.763. The first-order chi connectivity index (χ1) is 10.9. The molecule has 7 nitrogen and oxygen atoms in total. The summed E-state index contributed by atoms with van der Waals surface area (Å²) in [5.74, 6) is 0.0633. The Balaban J connectivity index is 2.11. The minimum Gasteiger partial charge on any atom is -0.497 e. The van der Waals surface area contributed by atoms with E-state index in [0.29, 0.717) is 17.2 Å². The van der Waals surface area contributed by atoms with Crippen molar-refractivity contribution in [1.82, 2.24) is 4.98 Å². The third-order valence-electron chi connectivity index (χ3n) is 2.75. The Morgan fingerprint density at radius 2 is 2.17 bits per heavy atom. The molecule has 0 radical (unpaired) electrons. The lowest BCUT2D eigenvalue weighted by Gasteiger charge is -2.06. The van der Waals surface area contributed by atoms with Gasteiger partial charge in [0.25, 0.3) is 10.0 Å². The van der Waals surface area contributed by atoms with Crippen LogP contribution in [-0.4, -0.2) is 33.1 Å². The van der Waals surface area contributed by atoms with E-state index in [0.717, 1.165) is 11.3 Å². The number of carbonyl (C=O) groups is 1. The molecule has 1 aromatic carbocycles. The van der Waals surface area contributed by atoms with Crippen LogP contribution in [0.5, 0.6) is 5.75 Å². The van der Waals surface area contributed by atoms with Gasteiger partial charge in [-0.05, 0) is 19.1 Å². The molecule has 2 aromatic rings. The van der Waals surface area contributed by atoms with Gasteiger partial charge in [0, 0.05) is 17.1 Å². The molecule has 0 fully saturated rings. The number of thiazole rings is 1. The lowest BCUT2D eigenvalue weighted by molar-refractivity contribution is -0.142. The van der Waals surface area contributed by atoms with Gasteiger partial charge in [-0.3, -0.25) is 9.52 Å². The summed E-state index contributed by atoms with van der Waals surface area (Å²) < 4.78 is 36.9. The molecule has 2 rings (SSSR count). The van der Waals surface area contributed by atoms with E-state index < -0.39 is 10.0 Å². The first kappa shape index (κ1) is 17.2. The van der Waals surface area contributed by atoms with Crippen molar-refractivity contribution in [2.24, 2.45) is 0 Å². The van der Waals surface area contributed by atoms with Crippen LogP contribution in [0.15, 0.2) is 35.4 Å². The molecule has 1 N–H and O–H groups in total. The average molecular weight is 356 g/mol. The smallest absolute Gasteiger partial charge is 0.311 e. The Morgan fingerprint density at radius 1 is 1.39 bits per heavy atom. The van der Waals surface area contributed by atoms with Crippen LogP contribution in [0.1, 0.15) is 11.8 Å². The van der Waals surface area contributed by atoms with Crippen molar-refractivity contribution in [2.75, 3.05) is 18.4 Å². The minimum atomic E-state index is -3.77. The highest BCUT2D eigenvalue weighted by Gasteiger charge is 2.17. The highest BCUT2D eigenvalue weighted by molar-refractivity contribution is 7.93. The zero-order chi connectivity index (χ0) is 16.9. The third kappa shape index (κ3) is 4.67. The van der Waals surface area contributed by atoms with Gasteiger partial charge in [-0.25, -0.2) is 13.4 Å². The SMILES string of the molecule is CCOC(=O)Cc1cnc(NS(=O)(=O)c2cccc(OC)c2)s1. The summed E-state index contributed by atoms with van der Waals surface area (Å²) in [6.45, 7) is 2.02. The molecule has 0 spiro atoms. The Hall–Kier alpha value is -2.13. The van der Waals surface area contributed by atoms with E-state index in [-0.39, 0.29) is 22.4 Å². The maximum Gasteiger partial charge on any atom is 0.311 e. The van der Waals surface area contributed by atoms with Gasteiger partial charge in [-0.15, -0.1) is 11.3 Å². The highest BCUT2D eigenvalue weighted by Crippen LogP contribution is 2.24. The lowest BCUT2D eigenvalue weighted by atomic mass is 10.3. The first-order valence-corrected chi connectivity index (χ1v) is 9.01. The molecule has 124 valence electrons. The van der Waals surface area contributed by atoms with Crippen LogP contribution in [0.2, 0.25) is 0 Å². The van der Waals surface area contributed by atoms with Crippen LogP contribution in [-0.2, 0) is 26.0 Å². The van der Waals surface area contributed by atoms with Crippen molar-refractivity contribution in [1.29, 1.82) is 0 Å². The van der Waals surface area contributed by atoms with Crippen molar-refractivity contribution in [2.45, 2.75) is 18.2 Å². The number of aromatic nitrogens is 1. The Kier molecular flexibility index (Phi) is 5.56. The van der Waals surface area contributed by atoms with Crippen LogP contribution < -0.4 is 9.46 Å². The number of hydrogen-bond donors (Lipinski definition) is 1. The van der Waals surface area contributed by atoms with E-state index in [1.54, 1.807) is 19.1 Å². The molecule has 0 bridgehead atoms. The third-order valence-corrected chi connectivity index (χ3v) is 5.13. The molecular weight excluding hydrogens is 340 g/mol. The Bertz CT molecular complexity index is 786. The topological polar surface area (TPSA) is 94.6 Å². The molecular formula is C14H16N2O5S2. The molecule has 0 amide bonds. The molecule has 23 heavy (non-hydrogen) atoms. The van der Waals surface area contributed by atoms with Crippen molar-refractivity contribution < 1.29 is 22.7 Å². The van der Waals surface area contributed by atoms with Gasteiger partial charge >= 0.3 is 5.97 Å². The van der Waals surface area contributed by atoms with Crippen LogP contribution in [0.3, 0.4) is 0 Å². The molecule has 0 unspecified atom stereocenters. The summed E-state index contributed by atoms with van der Waals surface area (Å²) in [7, 11) is -2.31. The zero-order valence-corrected chi connectivity index (χ0v) is 14.2. The van der Waals surface area contributed by atoms with E-state index in [9.17, 15) is 13.2 Å². The number of sulfonamides is 1. The normalized spacial score (nSPS) is 11.0. The summed E-state index contributed by atoms with van der Waals surface area (Å²) in [5.41, 5.74) is 0. The maximum absolute atomic E-state index is 12.3. The number of esters is 1.